The van der Waals surface area contributed by atoms with Crippen LogP contribution in [0.15, 0.2) is 140 Å². The van der Waals surface area contributed by atoms with E-state index in [2.05, 4.69) is 104 Å². The van der Waals surface area contributed by atoms with Crippen molar-refractivity contribution in [3.8, 4) is 23.0 Å². The lowest BCUT2D eigenvalue weighted by atomic mass is 9.75. The van der Waals surface area contributed by atoms with Crippen LogP contribution in [-0.4, -0.2) is 46.2 Å². The molecule has 2 atom stereocenters. The minimum Gasteiger partial charge on any atom is -0.456 e. The second-order valence-electron chi connectivity index (χ2n) is 18.2. The fraction of sp³-hybridized carbons (Fsp3) is 0.228. The number of nitrogens with zero attached hydrogens (tertiary/aromatic N) is 3. The Hall–Kier alpha value is -7.52. The summed E-state index contributed by atoms with van der Waals surface area (Å²) in [6.45, 7) is 8.46. The Kier molecular flexibility index (Phi) is 9.73. The van der Waals surface area contributed by atoms with E-state index in [-0.39, 0.29) is 11.9 Å². The maximum absolute atomic E-state index is 14.0. The van der Waals surface area contributed by atoms with Crippen molar-refractivity contribution in [3.63, 3.8) is 0 Å². The van der Waals surface area contributed by atoms with Gasteiger partial charge < -0.3 is 33.6 Å². The number of esters is 2. The summed E-state index contributed by atoms with van der Waals surface area (Å²) in [5, 5.41) is 0. The summed E-state index contributed by atoms with van der Waals surface area (Å²) in [5.74, 6) is 2.02. The van der Waals surface area contributed by atoms with Gasteiger partial charge in [-0.15, -0.1) is 0 Å². The summed E-state index contributed by atoms with van der Waals surface area (Å²) in [4.78, 5) is 34.3. The second-order valence-corrected chi connectivity index (χ2v) is 18.2. The van der Waals surface area contributed by atoms with E-state index in [0.717, 1.165) is 73.7 Å². The lowest BCUT2D eigenvalue weighted by Crippen LogP contribution is -2.42. The largest absolute Gasteiger partial charge is 0.456 e. The Balaban J connectivity index is 1.01. The van der Waals surface area contributed by atoms with E-state index >= 15 is 0 Å². The molecular weight excluding hydrogens is 823 g/mol. The van der Waals surface area contributed by atoms with Crippen molar-refractivity contribution in [1.29, 1.82) is 0 Å². The zero-order valence-corrected chi connectivity index (χ0v) is 38.1. The molecule has 9 heteroatoms. The third kappa shape index (κ3) is 6.35. The number of anilines is 3. The van der Waals surface area contributed by atoms with E-state index < -0.39 is 11.2 Å². The molecule has 0 aromatic heterocycles. The topological polar surface area (TPSA) is 80.8 Å². The van der Waals surface area contributed by atoms with Crippen molar-refractivity contribution in [1.82, 2.24) is 0 Å². The van der Waals surface area contributed by atoms with Gasteiger partial charge in [-0.05, 0) is 104 Å². The van der Waals surface area contributed by atoms with Gasteiger partial charge in [-0.25, -0.2) is 9.59 Å². The van der Waals surface area contributed by atoms with Crippen LogP contribution in [0.2, 0.25) is 0 Å². The fourth-order valence-corrected chi connectivity index (χ4v) is 10.5. The first kappa shape index (κ1) is 41.2. The van der Waals surface area contributed by atoms with E-state index in [1.807, 2.05) is 91.8 Å². The van der Waals surface area contributed by atoms with Gasteiger partial charge >= 0.3 is 11.9 Å². The van der Waals surface area contributed by atoms with Crippen LogP contribution < -0.4 is 24.2 Å². The second kappa shape index (κ2) is 15.6. The first-order valence-electron chi connectivity index (χ1n) is 22.7. The van der Waals surface area contributed by atoms with Gasteiger partial charge in [0.15, 0.2) is 11.2 Å². The van der Waals surface area contributed by atoms with E-state index in [9.17, 15) is 9.59 Å². The molecule has 0 N–H and O–H groups in total. The molecule has 0 saturated heterocycles. The van der Waals surface area contributed by atoms with Gasteiger partial charge in [-0.2, -0.15) is 0 Å². The molecule has 7 aromatic rings. The number of benzene rings is 7. The highest BCUT2D eigenvalue weighted by molar-refractivity contribution is 5.97. The zero-order chi connectivity index (χ0) is 45.5. The molecule has 4 heterocycles. The maximum atomic E-state index is 14.0. The quantitative estimate of drug-likeness (QED) is 0.132. The lowest BCUT2D eigenvalue weighted by molar-refractivity contribution is -0.0112. The molecule has 330 valence electrons. The molecule has 0 bridgehead atoms. The molecule has 4 aliphatic heterocycles. The summed E-state index contributed by atoms with van der Waals surface area (Å²) < 4.78 is 27.0. The smallest absolute Gasteiger partial charge is 0.340 e. The predicted molar refractivity (Wildman–Crippen MR) is 258 cm³/mol. The van der Waals surface area contributed by atoms with E-state index in [0.29, 0.717) is 60.1 Å². The SMILES string of the molecule is CCN(C)c1ccc2c(c1)Oc1c(ccc(CCN(Cc3ccccc3)c3cc4c(cc3C)Oc3cc(N(C)C)ccc3C43Cc4ccccc4C(=O)O3)c1C)C21OC(=O)c2ccccc21. The first-order valence-corrected chi connectivity index (χ1v) is 22.7. The van der Waals surface area contributed by atoms with Gasteiger partial charge in [0, 0.05) is 104 Å². The number of hydrogen-bond acceptors (Lipinski definition) is 9. The highest BCUT2D eigenvalue weighted by Gasteiger charge is 2.54. The number of fused-ring (bicyclic) bond motifs is 11. The number of aryl methyl sites for hydroxylation is 1. The molecule has 4 aliphatic rings. The van der Waals surface area contributed by atoms with Crippen LogP contribution in [0, 0.1) is 13.8 Å². The van der Waals surface area contributed by atoms with E-state index in [1.54, 1.807) is 0 Å². The molecule has 0 fully saturated rings. The molecule has 0 amide bonds. The van der Waals surface area contributed by atoms with Gasteiger partial charge in [-0.3, -0.25) is 0 Å². The van der Waals surface area contributed by atoms with Crippen LogP contribution in [0.3, 0.4) is 0 Å². The van der Waals surface area contributed by atoms with Crippen LogP contribution in [0.25, 0.3) is 0 Å². The number of ether oxygens (including phenoxy) is 4. The van der Waals surface area contributed by atoms with Crippen molar-refractivity contribution >= 4 is 29.0 Å². The summed E-state index contributed by atoms with van der Waals surface area (Å²) >= 11 is 0. The van der Waals surface area contributed by atoms with E-state index in [4.69, 9.17) is 18.9 Å². The molecule has 2 unspecified atom stereocenters. The lowest BCUT2D eigenvalue weighted by Gasteiger charge is -2.43. The third-order valence-electron chi connectivity index (χ3n) is 14.2. The van der Waals surface area contributed by atoms with Gasteiger partial charge in [-0.1, -0.05) is 78.9 Å². The Labute approximate surface area is 385 Å². The third-order valence-corrected chi connectivity index (χ3v) is 14.2. The van der Waals surface area contributed by atoms with Gasteiger partial charge in [0.05, 0.1) is 11.1 Å². The van der Waals surface area contributed by atoms with Crippen LogP contribution >= 0.6 is 0 Å². The Morgan fingerprint density at radius 1 is 0.606 bits per heavy atom. The average Bonchev–Trinajstić information content (AvgIpc) is 3.62. The van der Waals surface area contributed by atoms with Crippen LogP contribution in [0.1, 0.15) is 83.3 Å². The Morgan fingerprint density at radius 3 is 2.08 bits per heavy atom. The summed E-state index contributed by atoms with van der Waals surface area (Å²) in [5.41, 5.74) is 11.2. The van der Waals surface area contributed by atoms with Crippen LogP contribution in [0.4, 0.5) is 17.1 Å². The van der Waals surface area contributed by atoms with Crippen LogP contribution in [-0.2, 0) is 40.1 Å². The van der Waals surface area contributed by atoms with Crippen molar-refractivity contribution in [3.05, 3.63) is 206 Å². The summed E-state index contributed by atoms with van der Waals surface area (Å²) in [6.07, 6.45) is 1.15. The number of hydrogen-bond donors (Lipinski definition) is 0. The highest BCUT2D eigenvalue weighted by Crippen LogP contribution is 2.58. The van der Waals surface area contributed by atoms with Gasteiger partial charge in [0.25, 0.3) is 0 Å². The number of carbonyl (C=O) groups is 2. The predicted octanol–water partition coefficient (Wildman–Crippen LogP) is 11.4. The molecule has 11 rings (SSSR count). The normalized spacial score (nSPS) is 18.1. The minimum absolute atomic E-state index is 0.348. The van der Waals surface area contributed by atoms with Crippen LogP contribution in [0.5, 0.6) is 23.0 Å². The van der Waals surface area contributed by atoms with Crippen molar-refractivity contribution in [2.24, 2.45) is 0 Å². The monoisotopic (exact) mass is 873 g/mol. The molecule has 9 nitrogen and oxygen atoms in total. The maximum Gasteiger partial charge on any atom is 0.340 e. The molecule has 7 aromatic carbocycles. The first-order chi connectivity index (χ1) is 32.0. The standard InChI is InChI=1S/C57H51N3O6/c1-7-59(6)41-23-26-46-52(31-41)64-53-36(3)38(21-24-47(53)57(46)44-20-14-13-19-43(44)55(62)66-57)27-28-60(34-37-15-9-8-10-16-37)49-32-48-50(29-35(49)2)63-51-30-40(58(4)5)22-25-45(51)56(48)33-39-17-11-12-18-42(39)54(61)65-56/h8-26,29-32H,7,27-28,33-34H2,1-6H3. The fourth-order valence-electron chi connectivity index (χ4n) is 10.5. The van der Waals surface area contributed by atoms with Crippen molar-refractivity contribution in [2.45, 2.75) is 51.4 Å². The molecule has 0 aliphatic carbocycles. The number of rotatable bonds is 9. The Morgan fingerprint density at radius 2 is 1.27 bits per heavy atom. The molecular formula is C57H51N3O6. The molecule has 0 radical (unpaired) electrons. The Bertz CT molecular complexity index is 3130. The van der Waals surface area contributed by atoms with Crippen molar-refractivity contribution in [2.75, 3.05) is 48.9 Å². The van der Waals surface area contributed by atoms with Gasteiger partial charge in [0.1, 0.15) is 23.0 Å². The summed E-state index contributed by atoms with van der Waals surface area (Å²) in [6, 6.07) is 46.8. The minimum atomic E-state index is -1.16. The average molecular weight is 874 g/mol. The van der Waals surface area contributed by atoms with Crippen molar-refractivity contribution < 1.29 is 28.5 Å². The van der Waals surface area contributed by atoms with Gasteiger partial charge in [0.2, 0.25) is 0 Å². The summed E-state index contributed by atoms with van der Waals surface area (Å²) in [7, 11) is 6.07. The highest BCUT2D eigenvalue weighted by atomic mass is 16.6. The molecule has 2 spiro atoms. The molecule has 0 saturated carbocycles. The molecule has 66 heavy (non-hydrogen) atoms. The zero-order valence-electron chi connectivity index (χ0n) is 38.1. The number of carbonyl (C=O) groups excluding carboxylic acids is 2. The van der Waals surface area contributed by atoms with E-state index in [1.165, 1.54) is 5.56 Å².